The van der Waals surface area contributed by atoms with Gasteiger partial charge in [0.15, 0.2) is 5.11 Å². The highest BCUT2D eigenvalue weighted by atomic mass is 32.1. The first-order chi connectivity index (χ1) is 18.3. The van der Waals surface area contributed by atoms with E-state index in [9.17, 15) is 4.79 Å². The van der Waals surface area contributed by atoms with Crippen molar-refractivity contribution >= 4 is 40.4 Å². The Kier molecular flexibility index (Phi) is 8.24. The molecule has 2 unspecified atom stereocenters. The second-order valence-electron chi connectivity index (χ2n) is 11.3. The number of aromatic nitrogens is 1. The van der Waals surface area contributed by atoms with Crippen molar-refractivity contribution in [1.82, 2.24) is 25.0 Å². The highest BCUT2D eigenvalue weighted by Crippen LogP contribution is 2.52. The molecule has 10 heteroatoms. The van der Waals surface area contributed by atoms with Gasteiger partial charge in [0.05, 0.1) is 23.1 Å². The van der Waals surface area contributed by atoms with E-state index in [0.717, 1.165) is 60.0 Å². The van der Waals surface area contributed by atoms with Crippen molar-refractivity contribution in [3.05, 3.63) is 29.1 Å². The predicted octanol–water partition coefficient (Wildman–Crippen LogP) is 2.70. The number of methoxy groups -OCH3 is 1. The Bertz CT molecular complexity index is 1090. The lowest BCUT2D eigenvalue weighted by Crippen LogP contribution is -2.58. The minimum Gasteiger partial charge on any atom is -0.379 e. The van der Waals surface area contributed by atoms with Crippen LogP contribution in [-0.4, -0.2) is 101 Å². The number of ether oxygens (including phenoxy) is 2. The van der Waals surface area contributed by atoms with Gasteiger partial charge >= 0.3 is 0 Å². The van der Waals surface area contributed by atoms with E-state index in [1.165, 1.54) is 5.56 Å². The zero-order chi connectivity index (χ0) is 27.0. The van der Waals surface area contributed by atoms with Crippen LogP contribution in [0, 0.1) is 18.3 Å². The highest BCUT2D eigenvalue weighted by molar-refractivity contribution is 7.80. The molecule has 1 saturated carbocycles. The van der Waals surface area contributed by atoms with E-state index in [1.807, 2.05) is 13.2 Å². The first-order valence-electron chi connectivity index (χ1n) is 13.9. The first kappa shape index (κ1) is 27.7. The van der Waals surface area contributed by atoms with Gasteiger partial charge in [0.1, 0.15) is 6.10 Å². The Morgan fingerprint density at radius 1 is 1.37 bits per heavy atom. The molecule has 1 aromatic rings. The third kappa shape index (κ3) is 4.93. The van der Waals surface area contributed by atoms with Gasteiger partial charge in [-0.15, -0.1) is 0 Å². The van der Waals surface area contributed by atoms with E-state index in [4.69, 9.17) is 33.9 Å². The maximum atomic E-state index is 14.6. The molecule has 3 fully saturated rings. The number of nitrogens with zero attached hydrogens (tertiary/aromatic N) is 4. The van der Waals surface area contributed by atoms with E-state index >= 15 is 0 Å². The Morgan fingerprint density at radius 3 is 2.92 bits per heavy atom. The first-order valence-corrected chi connectivity index (χ1v) is 14.7. The number of carbonyl (C=O) groups is 1. The minimum absolute atomic E-state index is 0.0550. The van der Waals surface area contributed by atoms with Crippen molar-refractivity contribution in [1.29, 1.82) is 0 Å². The summed E-state index contributed by atoms with van der Waals surface area (Å²) >= 11 is 11.6. The third-order valence-electron chi connectivity index (χ3n) is 9.17. The third-order valence-corrected chi connectivity index (χ3v) is 10.1. The fourth-order valence-electron chi connectivity index (χ4n) is 7.29. The molecule has 2 saturated heterocycles. The fourth-order valence-corrected chi connectivity index (χ4v) is 7.71. The molecule has 1 aromatic heterocycles. The van der Waals surface area contributed by atoms with Crippen LogP contribution in [-0.2, 0) is 27.2 Å². The van der Waals surface area contributed by atoms with Gasteiger partial charge in [0, 0.05) is 71.3 Å². The smallest absolute Gasteiger partial charge is 0.231 e. The topological polar surface area (TPSA) is 70.2 Å². The van der Waals surface area contributed by atoms with Crippen molar-refractivity contribution in [2.24, 2.45) is 11.3 Å². The predicted molar refractivity (Wildman–Crippen MR) is 155 cm³/mol. The van der Waals surface area contributed by atoms with Gasteiger partial charge in [0.25, 0.3) is 0 Å². The molecule has 5 atom stereocenters. The summed E-state index contributed by atoms with van der Waals surface area (Å²) in [7, 11) is 3.63. The fraction of sp³-hybridized carbons (Fsp3) is 0.714. The lowest BCUT2D eigenvalue weighted by Gasteiger charge is -2.44. The van der Waals surface area contributed by atoms with E-state index in [0.29, 0.717) is 32.8 Å². The molecule has 1 amide bonds. The van der Waals surface area contributed by atoms with Gasteiger partial charge in [-0.2, -0.15) is 0 Å². The maximum Gasteiger partial charge on any atom is 0.231 e. The Balaban J connectivity index is 1.45. The maximum absolute atomic E-state index is 14.6. The molecule has 0 spiro atoms. The van der Waals surface area contributed by atoms with Gasteiger partial charge in [-0.25, -0.2) is 0 Å². The van der Waals surface area contributed by atoms with Crippen molar-refractivity contribution < 1.29 is 14.3 Å². The molecular formula is C28H41N5O3S2. The van der Waals surface area contributed by atoms with Crippen LogP contribution in [0.25, 0.3) is 0 Å². The van der Waals surface area contributed by atoms with Crippen LogP contribution in [0.4, 0.5) is 0 Å². The molecule has 38 heavy (non-hydrogen) atoms. The van der Waals surface area contributed by atoms with Gasteiger partial charge in [-0.3, -0.25) is 9.78 Å². The molecular weight excluding hydrogens is 518 g/mol. The number of rotatable bonds is 5. The lowest BCUT2D eigenvalue weighted by atomic mass is 9.78. The highest BCUT2D eigenvalue weighted by Gasteiger charge is 2.60. The SMILES string of the molecule is CCC(=S)N1C[C@@H]2C[C@@H](N(C(=S)NC)C3CCOCC3OC)C[C@]2(C(=O)N2CCc3ncc(C)cc3C2)C1. The summed E-state index contributed by atoms with van der Waals surface area (Å²) in [6.07, 6.45) is 6.03. The number of thiocarbonyl (C=S) groups is 2. The van der Waals surface area contributed by atoms with Crippen molar-refractivity contribution in [2.75, 3.05) is 47.0 Å². The van der Waals surface area contributed by atoms with Crippen LogP contribution in [0.5, 0.6) is 0 Å². The molecule has 5 rings (SSSR count). The summed E-state index contributed by atoms with van der Waals surface area (Å²) in [6.45, 7) is 8.28. The Hall–Kier alpha value is -1.88. The number of nitrogens with one attached hydrogen (secondary N) is 1. The average molecular weight is 560 g/mol. The number of carbonyl (C=O) groups excluding carboxylic acids is 1. The molecule has 4 heterocycles. The van der Waals surface area contributed by atoms with Crippen molar-refractivity contribution in [3.8, 4) is 0 Å². The molecule has 0 radical (unpaired) electrons. The van der Waals surface area contributed by atoms with Crippen molar-refractivity contribution in [2.45, 2.75) is 70.7 Å². The van der Waals surface area contributed by atoms with Crippen LogP contribution >= 0.6 is 24.4 Å². The number of pyridine rings is 1. The van der Waals surface area contributed by atoms with Gasteiger partial charge in [0.2, 0.25) is 5.91 Å². The summed E-state index contributed by atoms with van der Waals surface area (Å²) in [5.74, 6) is 0.494. The monoisotopic (exact) mass is 559 g/mol. The molecule has 208 valence electrons. The number of fused-ring (bicyclic) bond motifs is 2. The zero-order valence-corrected chi connectivity index (χ0v) is 24.7. The largest absolute Gasteiger partial charge is 0.379 e. The molecule has 0 bridgehead atoms. The Morgan fingerprint density at radius 2 is 2.18 bits per heavy atom. The normalized spacial score (nSPS) is 30.5. The second kappa shape index (κ2) is 11.3. The van der Waals surface area contributed by atoms with E-state index < -0.39 is 5.41 Å². The van der Waals surface area contributed by atoms with Gasteiger partial charge in [-0.05, 0) is 61.9 Å². The summed E-state index contributed by atoms with van der Waals surface area (Å²) < 4.78 is 11.6. The van der Waals surface area contributed by atoms with E-state index in [2.05, 4.69) is 44.9 Å². The van der Waals surface area contributed by atoms with Gasteiger partial charge < -0.3 is 29.5 Å². The average Bonchev–Trinajstić information content (AvgIpc) is 3.47. The standard InChI is InChI=1S/C28H41N5O3S2/c1-5-25(37)32-15-20-11-21(33(27(38)29-3)23-7-9-36-16-24(23)35-4)12-28(20,17-32)26(34)31-8-6-22-19(14-31)10-18(2)13-30-22/h10,13,20-21,23-24H,5-9,11-12,14-17H2,1-4H3,(H,29,38)/t20-,21+,23?,24?,28-/m0/s1. The molecule has 1 N–H and O–H groups in total. The summed E-state index contributed by atoms with van der Waals surface area (Å²) in [5.41, 5.74) is 2.95. The zero-order valence-electron chi connectivity index (χ0n) is 23.1. The summed E-state index contributed by atoms with van der Waals surface area (Å²) in [4.78, 5) is 26.9. The molecule has 8 nitrogen and oxygen atoms in total. The molecule has 3 aliphatic heterocycles. The van der Waals surface area contributed by atoms with E-state index in [1.54, 1.807) is 7.11 Å². The summed E-state index contributed by atoms with van der Waals surface area (Å²) in [6, 6.07) is 2.46. The number of amides is 1. The van der Waals surface area contributed by atoms with Crippen LogP contribution in [0.3, 0.4) is 0 Å². The molecule has 4 aliphatic rings. The van der Waals surface area contributed by atoms with Crippen molar-refractivity contribution in [3.63, 3.8) is 0 Å². The van der Waals surface area contributed by atoms with E-state index in [-0.39, 0.29) is 30.0 Å². The number of hydrogen-bond donors (Lipinski definition) is 1. The minimum atomic E-state index is -0.478. The molecule has 0 aromatic carbocycles. The quantitative estimate of drug-likeness (QED) is 0.549. The van der Waals surface area contributed by atoms with Crippen LogP contribution in [0.1, 0.15) is 49.4 Å². The molecule has 1 aliphatic carbocycles. The second-order valence-corrected chi connectivity index (χ2v) is 12.2. The van der Waals surface area contributed by atoms with Crippen LogP contribution < -0.4 is 5.32 Å². The number of hydrogen-bond acceptors (Lipinski definition) is 6. The summed E-state index contributed by atoms with van der Waals surface area (Å²) in [5, 5.41) is 3.96. The van der Waals surface area contributed by atoms with Crippen LogP contribution in [0.2, 0.25) is 0 Å². The van der Waals surface area contributed by atoms with Gasteiger partial charge in [-0.1, -0.05) is 25.2 Å². The number of aryl methyl sites for hydroxylation is 1. The number of likely N-dealkylation sites (tertiary alicyclic amines) is 1. The Labute approximate surface area is 237 Å². The lowest BCUT2D eigenvalue weighted by molar-refractivity contribution is -0.144. The van der Waals surface area contributed by atoms with Crippen LogP contribution in [0.15, 0.2) is 12.3 Å².